The Kier molecular flexibility index (Phi) is 11.5. The first-order valence-corrected chi connectivity index (χ1v) is 10.6. The fourth-order valence-electron chi connectivity index (χ4n) is 2.52. The number of anilines is 3. The Morgan fingerprint density at radius 1 is 0.800 bits per heavy atom. The summed E-state index contributed by atoms with van der Waals surface area (Å²) < 4.78 is 10.8. The third-order valence-corrected chi connectivity index (χ3v) is 4.18. The maximum Gasteiger partial charge on any atom is 0.229 e. The Morgan fingerprint density at radius 2 is 1.40 bits per heavy atom. The zero-order valence-electron chi connectivity index (χ0n) is 18.1. The molecule has 5 N–H and O–H groups in total. The summed E-state index contributed by atoms with van der Waals surface area (Å²) in [6.07, 6.45) is 2.16. The number of rotatable bonds is 16. The second-order valence-electron chi connectivity index (χ2n) is 6.87. The summed E-state index contributed by atoms with van der Waals surface area (Å²) in [7, 11) is 0. The number of unbranched alkanes of at least 4 members (excludes halogenated alkanes) is 1. The predicted octanol–water partition coefficient (Wildman–Crippen LogP) is 2.41. The van der Waals surface area contributed by atoms with Gasteiger partial charge in [0.15, 0.2) is 0 Å². The first-order chi connectivity index (χ1) is 14.7. The molecule has 9 nitrogen and oxygen atoms in total. The Labute approximate surface area is 179 Å². The third-order valence-electron chi connectivity index (χ3n) is 4.18. The minimum absolute atomic E-state index is 0.512. The van der Waals surface area contributed by atoms with Crippen molar-refractivity contribution in [3.05, 3.63) is 35.4 Å². The number of nitrogens with zero attached hydrogens (tertiary/aromatic N) is 3. The molecule has 0 bridgehead atoms. The van der Waals surface area contributed by atoms with Gasteiger partial charge in [-0.2, -0.15) is 15.0 Å². The molecule has 0 saturated carbocycles. The molecule has 0 aliphatic rings. The number of hydrogen-bond acceptors (Lipinski definition) is 9. The summed E-state index contributed by atoms with van der Waals surface area (Å²) in [5, 5.41) is 9.74. The van der Waals surface area contributed by atoms with Crippen LogP contribution in [-0.4, -0.2) is 61.0 Å². The Morgan fingerprint density at radius 3 is 2.03 bits per heavy atom. The molecule has 1 heterocycles. The van der Waals surface area contributed by atoms with Gasteiger partial charge in [-0.3, -0.25) is 0 Å². The molecular weight excluding hydrogens is 382 g/mol. The fourth-order valence-corrected chi connectivity index (χ4v) is 2.52. The molecule has 0 aliphatic heterocycles. The van der Waals surface area contributed by atoms with Crippen molar-refractivity contribution in [3.63, 3.8) is 0 Å². The molecular formula is C21H35N7O2. The average Bonchev–Trinajstić information content (AvgIpc) is 2.75. The second kappa shape index (κ2) is 14.5. The molecule has 30 heavy (non-hydrogen) atoms. The molecule has 166 valence electrons. The standard InChI is InChI=1S/C21H35N7O2/c1-3-4-10-23-19-26-20(24-11-13-30-15-14-29-12-9-22)28-21(27-19)25-16-18-7-5-17(2)6-8-18/h5-8H,3-4,9-16,22H2,1-2H3,(H3,23,24,25,26,27,28). The normalized spacial score (nSPS) is 10.8. The minimum Gasteiger partial charge on any atom is -0.378 e. The van der Waals surface area contributed by atoms with Gasteiger partial charge in [0, 0.05) is 26.2 Å². The SMILES string of the molecule is CCCCNc1nc(NCCOCCOCCN)nc(NCc2ccc(C)cc2)n1. The number of aromatic nitrogens is 3. The number of aryl methyl sites for hydroxylation is 1. The van der Waals surface area contributed by atoms with E-state index < -0.39 is 0 Å². The Balaban J connectivity index is 1.86. The van der Waals surface area contributed by atoms with E-state index in [1.165, 1.54) is 11.1 Å². The van der Waals surface area contributed by atoms with Crippen LogP contribution in [-0.2, 0) is 16.0 Å². The molecule has 0 aliphatic carbocycles. The van der Waals surface area contributed by atoms with Crippen LogP contribution in [0.2, 0.25) is 0 Å². The maximum absolute atomic E-state index is 5.53. The van der Waals surface area contributed by atoms with E-state index in [-0.39, 0.29) is 0 Å². The average molecular weight is 418 g/mol. The lowest BCUT2D eigenvalue weighted by molar-refractivity contribution is 0.0547. The van der Waals surface area contributed by atoms with Gasteiger partial charge >= 0.3 is 0 Å². The molecule has 0 fully saturated rings. The van der Waals surface area contributed by atoms with Crippen molar-refractivity contribution in [2.45, 2.75) is 33.2 Å². The lowest BCUT2D eigenvalue weighted by atomic mass is 10.1. The number of hydrogen-bond donors (Lipinski definition) is 4. The van der Waals surface area contributed by atoms with Crippen molar-refractivity contribution in [2.75, 3.05) is 62.0 Å². The minimum atomic E-state index is 0.512. The summed E-state index contributed by atoms with van der Waals surface area (Å²) >= 11 is 0. The highest BCUT2D eigenvalue weighted by atomic mass is 16.5. The van der Waals surface area contributed by atoms with E-state index in [2.05, 4.69) is 69.0 Å². The van der Waals surface area contributed by atoms with E-state index in [1.807, 2.05) is 0 Å². The van der Waals surface area contributed by atoms with Crippen molar-refractivity contribution >= 4 is 17.8 Å². The first kappa shape index (κ1) is 23.8. The van der Waals surface area contributed by atoms with Crippen LogP contribution in [0.3, 0.4) is 0 Å². The predicted molar refractivity (Wildman–Crippen MR) is 121 cm³/mol. The third kappa shape index (κ3) is 9.82. The summed E-state index contributed by atoms with van der Waals surface area (Å²) in [5.74, 6) is 1.60. The molecule has 1 aromatic heterocycles. The van der Waals surface area contributed by atoms with Crippen LogP contribution in [0.4, 0.5) is 17.8 Å². The van der Waals surface area contributed by atoms with Crippen LogP contribution in [0.5, 0.6) is 0 Å². The Bertz CT molecular complexity index is 713. The van der Waals surface area contributed by atoms with Crippen LogP contribution in [0, 0.1) is 6.92 Å². The largest absolute Gasteiger partial charge is 0.378 e. The summed E-state index contributed by atoms with van der Waals surface area (Å²) in [6.45, 7) is 8.97. The van der Waals surface area contributed by atoms with Crippen LogP contribution < -0.4 is 21.7 Å². The molecule has 0 spiro atoms. The van der Waals surface area contributed by atoms with Crippen molar-refractivity contribution in [3.8, 4) is 0 Å². The number of benzene rings is 1. The summed E-state index contributed by atoms with van der Waals surface area (Å²) in [4.78, 5) is 13.4. The Hall–Kier alpha value is -2.49. The van der Waals surface area contributed by atoms with Crippen LogP contribution in [0.25, 0.3) is 0 Å². The second-order valence-corrected chi connectivity index (χ2v) is 6.87. The van der Waals surface area contributed by atoms with Crippen molar-refractivity contribution in [1.29, 1.82) is 0 Å². The van der Waals surface area contributed by atoms with Gasteiger partial charge in [0.25, 0.3) is 0 Å². The zero-order valence-corrected chi connectivity index (χ0v) is 18.1. The molecule has 2 aromatic rings. The highest BCUT2D eigenvalue weighted by Crippen LogP contribution is 2.11. The van der Waals surface area contributed by atoms with Crippen molar-refractivity contribution < 1.29 is 9.47 Å². The molecule has 0 radical (unpaired) electrons. The zero-order chi connectivity index (χ0) is 21.4. The lowest BCUT2D eigenvalue weighted by Gasteiger charge is -2.12. The molecule has 9 heteroatoms. The quantitative estimate of drug-likeness (QED) is 0.305. The van der Waals surface area contributed by atoms with Crippen LogP contribution in [0.15, 0.2) is 24.3 Å². The summed E-state index contributed by atoms with van der Waals surface area (Å²) in [6, 6.07) is 8.38. The van der Waals surface area contributed by atoms with E-state index in [9.17, 15) is 0 Å². The van der Waals surface area contributed by atoms with Crippen LogP contribution >= 0.6 is 0 Å². The van der Waals surface area contributed by atoms with Gasteiger partial charge in [-0.25, -0.2) is 0 Å². The highest BCUT2D eigenvalue weighted by Gasteiger charge is 2.06. The fraction of sp³-hybridized carbons (Fsp3) is 0.571. The first-order valence-electron chi connectivity index (χ1n) is 10.6. The van der Waals surface area contributed by atoms with Gasteiger partial charge in [0.05, 0.1) is 26.4 Å². The van der Waals surface area contributed by atoms with E-state index in [0.717, 1.165) is 19.4 Å². The number of ether oxygens (including phenoxy) is 2. The van der Waals surface area contributed by atoms with Gasteiger partial charge in [-0.1, -0.05) is 43.2 Å². The van der Waals surface area contributed by atoms with Crippen LogP contribution in [0.1, 0.15) is 30.9 Å². The number of nitrogens with one attached hydrogen (secondary N) is 3. The molecule has 0 atom stereocenters. The van der Waals surface area contributed by atoms with E-state index >= 15 is 0 Å². The summed E-state index contributed by atoms with van der Waals surface area (Å²) in [5.41, 5.74) is 7.78. The van der Waals surface area contributed by atoms with E-state index in [0.29, 0.717) is 63.9 Å². The molecule has 0 amide bonds. The lowest BCUT2D eigenvalue weighted by Crippen LogP contribution is -2.17. The topological polar surface area (TPSA) is 119 Å². The highest BCUT2D eigenvalue weighted by molar-refractivity contribution is 5.42. The molecule has 2 rings (SSSR count). The maximum atomic E-state index is 5.53. The molecule has 1 aromatic carbocycles. The van der Waals surface area contributed by atoms with E-state index in [1.54, 1.807) is 0 Å². The van der Waals surface area contributed by atoms with Gasteiger partial charge in [-0.05, 0) is 18.9 Å². The molecule has 0 unspecified atom stereocenters. The van der Waals surface area contributed by atoms with Gasteiger partial charge in [-0.15, -0.1) is 0 Å². The van der Waals surface area contributed by atoms with Gasteiger partial charge < -0.3 is 31.2 Å². The van der Waals surface area contributed by atoms with Crippen molar-refractivity contribution in [2.24, 2.45) is 5.73 Å². The monoisotopic (exact) mass is 417 g/mol. The van der Waals surface area contributed by atoms with Crippen molar-refractivity contribution in [1.82, 2.24) is 15.0 Å². The number of nitrogens with two attached hydrogens (primary N) is 1. The van der Waals surface area contributed by atoms with Gasteiger partial charge in [0.2, 0.25) is 17.8 Å². The smallest absolute Gasteiger partial charge is 0.229 e. The van der Waals surface area contributed by atoms with E-state index in [4.69, 9.17) is 15.2 Å². The molecule has 0 saturated heterocycles. The van der Waals surface area contributed by atoms with Gasteiger partial charge in [0.1, 0.15) is 0 Å².